The van der Waals surface area contributed by atoms with Crippen LogP contribution in [-0.2, 0) is 0 Å². The fourth-order valence-electron chi connectivity index (χ4n) is 1.91. The number of halogens is 2. The van der Waals surface area contributed by atoms with Crippen LogP contribution in [0.25, 0.3) is 0 Å². The molecule has 1 aliphatic rings. The molecule has 4 nitrogen and oxygen atoms in total. The number of hydrogen-bond donors (Lipinski definition) is 1. The molecule has 1 N–H and O–H groups in total. The van der Waals surface area contributed by atoms with Crippen molar-refractivity contribution in [3.63, 3.8) is 0 Å². The zero-order chi connectivity index (χ0) is 14.1. The number of methoxy groups -OCH3 is 1. The average molecular weight is 310 g/mol. The van der Waals surface area contributed by atoms with Gasteiger partial charge in [-0.3, -0.25) is 0 Å². The molecule has 0 atom stereocenters. The molecule has 0 radical (unpaired) electrons. The third-order valence-corrected chi connectivity index (χ3v) is 3.58. The van der Waals surface area contributed by atoms with Crippen molar-refractivity contribution in [2.45, 2.75) is 18.8 Å². The molecule has 6 heteroatoms. The molecule has 0 aliphatic heterocycles. The minimum Gasteiger partial charge on any atom is -0.495 e. The summed E-state index contributed by atoms with van der Waals surface area (Å²) in [5.74, 6) is 2.55. The van der Waals surface area contributed by atoms with Gasteiger partial charge >= 0.3 is 0 Å². The molecule has 20 heavy (non-hydrogen) atoms. The Hall–Kier alpha value is -1.52. The largest absolute Gasteiger partial charge is 0.495 e. The lowest BCUT2D eigenvalue weighted by molar-refractivity contribution is 0.415. The highest BCUT2D eigenvalue weighted by atomic mass is 35.5. The maximum Gasteiger partial charge on any atom is 0.139 e. The van der Waals surface area contributed by atoms with Gasteiger partial charge in [0.2, 0.25) is 0 Å². The van der Waals surface area contributed by atoms with Crippen molar-refractivity contribution >= 4 is 34.7 Å². The van der Waals surface area contributed by atoms with Crippen molar-refractivity contribution in [2.24, 2.45) is 0 Å². The van der Waals surface area contributed by atoms with Gasteiger partial charge in [-0.2, -0.15) is 0 Å². The predicted molar refractivity (Wildman–Crippen MR) is 80.3 cm³/mol. The predicted octanol–water partition coefficient (Wildman–Crippen LogP) is 4.41. The van der Waals surface area contributed by atoms with E-state index >= 15 is 0 Å². The van der Waals surface area contributed by atoms with Crippen LogP contribution in [0.5, 0.6) is 5.75 Å². The number of ether oxygens (including phenoxy) is 1. The van der Waals surface area contributed by atoms with Gasteiger partial charge in [0.05, 0.1) is 12.1 Å². The fraction of sp³-hybridized carbons (Fsp3) is 0.286. The molecule has 1 aromatic heterocycles. The summed E-state index contributed by atoms with van der Waals surface area (Å²) in [6.07, 6.45) is 2.27. The van der Waals surface area contributed by atoms with Crippen LogP contribution in [0.4, 0.5) is 11.5 Å². The summed E-state index contributed by atoms with van der Waals surface area (Å²) in [6.45, 7) is 0. The third-order valence-electron chi connectivity index (χ3n) is 3.08. The number of nitrogens with one attached hydrogen (secondary N) is 1. The number of anilines is 2. The maximum absolute atomic E-state index is 6.03. The molecule has 0 amide bonds. The number of aromatic nitrogens is 2. The normalized spacial score (nSPS) is 14.2. The molecule has 0 spiro atoms. The van der Waals surface area contributed by atoms with Crippen molar-refractivity contribution in [1.29, 1.82) is 0 Å². The molecule has 1 saturated carbocycles. The lowest BCUT2D eigenvalue weighted by Crippen LogP contribution is -1.99. The summed E-state index contributed by atoms with van der Waals surface area (Å²) in [4.78, 5) is 8.74. The van der Waals surface area contributed by atoms with Gasteiger partial charge < -0.3 is 10.1 Å². The summed E-state index contributed by atoms with van der Waals surface area (Å²) in [5.41, 5.74) is 0.836. The first-order chi connectivity index (χ1) is 9.65. The summed E-state index contributed by atoms with van der Waals surface area (Å²) >= 11 is 12.0. The van der Waals surface area contributed by atoms with Gasteiger partial charge in [-0.25, -0.2) is 9.97 Å². The summed E-state index contributed by atoms with van der Waals surface area (Å²) < 4.78 is 5.19. The van der Waals surface area contributed by atoms with Crippen LogP contribution < -0.4 is 10.1 Å². The first-order valence-electron chi connectivity index (χ1n) is 6.31. The molecular formula is C14H13Cl2N3O. The van der Waals surface area contributed by atoms with Gasteiger partial charge in [-0.05, 0) is 25.0 Å². The van der Waals surface area contributed by atoms with E-state index in [9.17, 15) is 0 Å². The van der Waals surface area contributed by atoms with Gasteiger partial charge in [0.1, 0.15) is 22.5 Å². The molecule has 1 aromatic carbocycles. The number of hydrogen-bond acceptors (Lipinski definition) is 4. The van der Waals surface area contributed by atoms with Crippen molar-refractivity contribution < 1.29 is 4.74 Å². The van der Waals surface area contributed by atoms with Gasteiger partial charge in [0.25, 0.3) is 0 Å². The standard InChI is InChI=1S/C14H13Cl2N3O/c1-20-11-6-9(4-5-10(11)15)17-13-7-12(16)18-14(19-13)8-2-3-8/h4-8H,2-3H2,1H3,(H,17,18,19). The van der Waals surface area contributed by atoms with Gasteiger partial charge in [0, 0.05) is 23.7 Å². The molecule has 3 rings (SSSR count). The summed E-state index contributed by atoms with van der Waals surface area (Å²) in [5, 5.41) is 4.21. The molecule has 2 aromatic rings. The van der Waals surface area contributed by atoms with E-state index in [0.717, 1.165) is 24.4 Å². The van der Waals surface area contributed by atoms with Crippen LogP contribution in [0, 0.1) is 0 Å². The molecule has 1 aliphatic carbocycles. The van der Waals surface area contributed by atoms with E-state index in [2.05, 4.69) is 15.3 Å². The highest BCUT2D eigenvalue weighted by Gasteiger charge is 2.27. The minimum absolute atomic E-state index is 0.449. The zero-order valence-electron chi connectivity index (χ0n) is 10.9. The lowest BCUT2D eigenvalue weighted by atomic mass is 10.3. The Morgan fingerprint density at radius 2 is 2.00 bits per heavy atom. The van der Waals surface area contributed by atoms with Crippen molar-refractivity contribution in [1.82, 2.24) is 9.97 Å². The average Bonchev–Trinajstić information content (AvgIpc) is 3.25. The zero-order valence-corrected chi connectivity index (χ0v) is 12.4. The van der Waals surface area contributed by atoms with Crippen LogP contribution in [0.3, 0.4) is 0 Å². The topological polar surface area (TPSA) is 47.0 Å². The SMILES string of the molecule is COc1cc(Nc2cc(Cl)nc(C3CC3)n2)ccc1Cl. The van der Waals surface area contributed by atoms with E-state index in [4.69, 9.17) is 27.9 Å². The van der Waals surface area contributed by atoms with E-state index < -0.39 is 0 Å². The van der Waals surface area contributed by atoms with E-state index in [1.54, 1.807) is 19.2 Å². The Labute approximate surface area is 127 Å². The monoisotopic (exact) mass is 309 g/mol. The van der Waals surface area contributed by atoms with Gasteiger partial charge in [0.15, 0.2) is 0 Å². The molecule has 0 bridgehead atoms. The Morgan fingerprint density at radius 1 is 1.20 bits per heavy atom. The molecule has 1 heterocycles. The van der Waals surface area contributed by atoms with Crippen LogP contribution in [0.1, 0.15) is 24.6 Å². The Balaban J connectivity index is 1.87. The molecular weight excluding hydrogens is 297 g/mol. The van der Waals surface area contributed by atoms with Crippen LogP contribution in [-0.4, -0.2) is 17.1 Å². The first-order valence-corrected chi connectivity index (χ1v) is 7.06. The Bertz CT molecular complexity index is 644. The highest BCUT2D eigenvalue weighted by molar-refractivity contribution is 6.32. The van der Waals surface area contributed by atoms with Gasteiger partial charge in [-0.1, -0.05) is 23.2 Å². The van der Waals surface area contributed by atoms with E-state index in [-0.39, 0.29) is 0 Å². The second-order valence-corrected chi connectivity index (χ2v) is 5.48. The van der Waals surface area contributed by atoms with E-state index in [1.165, 1.54) is 0 Å². The Morgan fingerprint density at radius 3 is 2.70 bits per heavy atom. The van der Waals surface area contributed by atoms with Crippen LogP contribution in [0.2, 0.25) is 10.2 Å². The van der Waals surface area contributed by atoms with Gasteiger partial charge in [-0.15, -0.1) is 0 Å². The number of rotatable bonds is 4. The molecule has 104 valence electrons. The van der Waals surface area contributed by atoms with Crippen molar-refractivity contribution in [3.05, 3.63) is 40.3 Å². The van der Waals surface area contributed by atoms with Crippen molar-refractivity contribution in [3.8, 4) is 5.75 Å². The maximum atomic E-state index is 6.03. The first kappa shape index (κ1) is 13.5. The van der Waals surface area contributed by atoms with Crippen molar-refractivity contribution in [2.75, 3.05) is 12.4 Å². The minimum atomic E-state index is 0.449. The smallest absolute Gasteiger partial charge is 0.139 e. The fourth-order valence-corrected chi connectivity index (χ4v) is 2.29. The summed E-state index contributed by atoms with van der Waals surface area (Å²) in [7, 11) is 1.58. The summed E-state index contributed by atoms with van der Waals surface area (Å²) in [6, 6.07) is 7.15. The molecule has 0 unspecified atom stereocenters. The molecule has 0 saturated heterocycles. The van der Waals surface area contributed by atoms with E-state index in [1.807, 2.05) is 12.1 Å². The highest BCUT2D eigenvalue weighted by Crippen LogP contribution is 2.39. The number of benzene rings is 1. The van der Waals surface area contributed by atoms with E-state index in [0.29, 0.717) is 27.7 Å². The third kappa shape index (κ3) is 2.97. The number of nitrogens with zero attached hydrogens (tertiary/aromatic N) is 2. The van der Waals surface area contributed by atoms with Crippen LogP contribution in [0.15, 0.2) is 24.3 Å². The Kier molecular flexibility index (Phi) is 3.68. The molecule has 1 fully saturated rings. The van der Waals surface area contributed by atoms with Crippen LogP contribution >= 0.6 is 23.2 Å². The second kappa shape index (κ2) is 5.46. The quantitative estimate of drug-likeness (QED) is 0.850. The second-order valence-electron chi connectivity index (χ2n) is 4.68. The lowest BCUT2D eigenvalue weighted by Gasteiger charge is -2.10.